The monoisotopic (exact) mass is 453 g/mol. The molecule has 2 N–H and O–H groups in total. The summed E-state index contributed by atoms with van der Waals surface area (Å²) in [5.41, 5.74) is 0.425. The first-order valence-corrected chi connectivity index (χ1v) is 11.5. The molecule has 1 fully saturated rings. The first-order chi connectivity index (χ1) is 15.4. The van der Waals surface area contributed by atoms with Crippen LogP contribution < -0.4 is 0 Å². The van der Waals surface area contributed by atoms with E-state index in [1.54, 1.807) is 12.1 Å². The molecule has 0 amide bonds. The summed E-state index contributed by atoms with van der Waals surface area (Å²) in [7, 11) is 0. The predicted molar refractivity (Wildman–Crippen MR) is 126 cm³/mol. The van der Waals surface area contributed by atoms with Gasteiger partial charge in [0.2, 0.25) is 0 Å². The summed E-state index contributed by atoms with van der Waals surface area (Å²) in [5, 5.41) is 23.4. The Morgan fingerprint density at radius 1 is 0.875 bits per heavy atom. The van der Waals surface area contributed by atoms with E-state index in [1.165, 1.54) is 12.1 Å². The minimum atomic E-state index is -1.17. The maximum Gasteiger partial charge on any atom is 0.123 e. The number of rotatable bonds is 7. The normalized spacial score (nSPS) is 18.2. The van der Waals surface area contributed by atoms with Gasteiger partial charge in [-0.2, -0.15) is 0 Å². The van der Waals surface area contributed by atoms with Crippen LogP contribution in [0.3, 0.4) is 0 Å². The van der Waals surface area contributed by atoms with Gasteiger partial charge in [0.05, 0.1) is 5.60 Å². The van der Waals surface area contributed by atoms with E-state index in [9.17, 15) is 14.6 Å². The number of halogens is 2. The second-order valence-electron chi connectivity index (χ2n) is 8.72. The van der Waals surface area contributed by atoms with Crippen molar-refractivity contribution in [1.82, 2.24) is 4.90 Å². The highest BCUT2D eigenvalue weighted by atomic mass is 35.5. The molecule has 0 bridgehead atoms. The molecular weight excluding hydrogens is 425 g/mol. The lowest BCUT2D eigenvalue weighted by molar-refractivity contribution is -0.0275. The van der Waals surface area contributed by atoms with Crippen LogP contribution in [0.4, 0.5) is 4.39 Å². The molecule has 1 atom stereocenters. The number of aliphatic hydroxyl groups is 2. The minimum absolute atomic E-state index is 0.314. The average molecular weight is 454 g/mol. The van der Waals surface area contributed by atoms with Crippen LogP contribution in [0.2, 0.25) is 5.02 Å². The van der Waals surface area contributed by atoms with Gasteiger partial charge in [0.1, 0.15) is 11.4 Å². The van der Waals surface area contributed by atoms with Crippen LogP contribution in [0, 0.1) is 5.82 Å². The van der Waals surface area contributed by atoms with Crippen molar-refractivity contribution in [1.29, 1.82) is 0 Å². The Morgan fingerprint density at radius 3 is 2.09 bits per heavy atom. The lowest BCUT2D eigenvalue weighted by Gasteiger charge is -2.39. The summed E-state index contributed by atoms with van der Waals surface area (Å²) >= 11 is 5.98. The van der Waals surface area contributed by atoms with Crippen LogP contribution in [0.25, 0.3) is 0 Å². The van der Waals surface area contributed by atoms with Crippen molar-refractivity contribution in [2.75, 3.05) is 19.6 Å². The van der Waals surface area contributed by atoms with Crippen LogP contribution in [0.5, 0.6) is 0 Å². The first-order valence-electron chi connectivity index (χ1n) is 11.1. The van der Waals surface area contributed by atoms with Crippen molar-refractivity contribution in [3.05, 3.63) is 106 Å². The minimum Gasteiger partial charge on any atom is -0.385 e. The van der Waals surface area contributed by atoms with Gasteiger partial charge in [-0.3, -0.25) is 0 Å². The highest BCUT2D eigenvalue weighted by molar-refractivity contribution is 6.30. The molecule has 3 aromatic rings. The zero-order chi connectivity index (χ0) is 22.6. The SMILES string of the molecule is OC1(c2ccc(Cl)cc2)CCN(CCCC(O)(c2ccccc2)c2ccc(F)cc2)CC1. The van der Waals surface area contributed by atoms with Crippen LogP contribution in [0.15, 0.2) is 78.9 Å². The lowest BCUT2D eigenvalue weighted by atomic mass is 9.82. The highest BCUT2D eigenvalue weighted by Crippen LogP contribution is 2.36. The Labute approximate surface area is 194 Å². The fourth-order valence-corrected chi connectivity index (χ4v) is 4.77. The first kappa shape index (κ1) is 22.9. The van der Waals surface area contributed by atoms with E-state index in [0.29, 0.717) is 29.8 Å². The second kappa shape index (κ2) is 9.72. The van der Waals surface area contributed by atoms with Gasteiger partial charge in [0.15, 0.2) is 0 Å². The molecule has 0 aromatic heterocycles. The molecule has 1 unspecified atom stereocenters. The Bertz CT molecular complexity index is 1000. The molecule has 0 spiro atoms. The number of piperidine rings is 1. The summed E-state index contributed by atoms with van der Waals surface area (Å²) in [6, 6.07) is 23.1. The maximum atomic E-state index is 13.5. The van der Waals surface area contributed by atoms with Crippen molar-refractivity contribution in [3.63, 3.8) is 0 Å². The number of hydrogen-bond acceptors (Lipinski definition) is 3. The molecule has 3 aromatic carbocycles. The third kappa shape index (κ3) is 5.05. The summed E-state index contributed by atoms with van der Waals surface area (Å²) < 4.78 is 13.5. The van der Waals surface area contributed by atoms with Gasteiger partial charge in [-0.15, -0.1) is 0 Å². The lowest BCUT2D eigenvalue weighted by Crippen LogP contribution is -2.43. The largest absolute Gasteiger partial charge is 0.385 e. The van der Waals surface area contributed by atoms with E-state index in [4.69, 9.17) is 11.6 Å². The predicted octanol–water partition coefficient (Wildman–Crippen LogP) is 5.48. The molecule has 1 saturated heterocycles. The van der Waals surface area contributed by atoms with Crippen LogP contribution in [-0.4, -0.2) is 34.7 Å². The Kier molecular flexibility index (Phi) is 6.96. The summed E-state index contributed by atoms with van der Waals surface area (Å²) in [6.07, 6.45) is 2.63. The molecule has 0 saturated carbocycles. The Hall–Kier alpha value is -2.24. The fraction of sp³-hybridized carbons (Fsp3) is 0.333. The number of nitrogens with zero attached hydrogens (tertiary/aromatic N) is 1. The third-order valence-electron chi connectivity index (χ3n) is 6.65. The molecule has 1 aliphatic rings. The molecule has 0 radical (unpaired) electrons. The van der Waals surface area contributed by atoms with E-state index in [2.05, 4.69) is 4.90 Å². The molecule has 1 aliphatic heterocycles. The maximum absolute atomic E-state index is 13.5. The number of likely N-dealkylation sites (tertiary alicyclic amines) is 1. The average Bonchev–Trinajstić information content (AvgIpc) is 2.82. The van der Waals surface area contributed by atoms with Crippen LogP contribution >= 0.6 is 11.6 Å². The highest BCUT2D eigenvalue weighted by Gasteiger charge is 2.35. The van der Waals surface area contributed by atoms with E-state index >= 15 is 0 Å². The van der Waals surface area contributed by atoms with Gasteiger partial charge in [-0.05, 0) is 73.2 Å². The molecule has 0 aliphatic carbocycles. The smallest absolute Gasteiger partial charge is 0.123 e. The number of hydrogen-bond donors (Lipinski definition) is 2. The van der Waals surface area contributed by atoms with Gasteiger partial charge >= 0.3 is 0 Å². The second-order valence-corrected chi connectivity index (χ2v) is 9.15. The van der Waals surface area contributed by atoms with Crippen molar-refractivity contribution in [2.45, 2.75) is 36.9 Å². The third-order valence-corrected chi connectivity index (χ3v) is 6.90. The molecule has 168 valence electrons. The Morgan fingerprint density at radius 2 is 1.47 bits per heavy atom. The molecular formula is C27H29ClFNO2. The van der Waals surface area contributed by atoms with Crippen molar-refractivity contribution >= 4 is 11.6 Å². The van der Waals surface area contributed by atoms with E-state index < -0.39 is 11.2 Å². The molecule has 5 heteroatoms. The van der Waals surface area contributed by atoms with Gasteiger partial charge in [0, 0.05) is 18.1 Å². The van der Waals surface area contributed by atoms with Gasteiger partial charge in [-0.1, -0.05) is 66.2 Å². The summed E-state index contributed by atoms with van der Waals surface area (Å²) in [5.74, 6) is -0.314. The standard InChI is InChI=1S/C27H29ClFNO2/c28-24-11-7-21(8-12-24)26(31)16-19-30(20-17-26)18-4-15-27(32,22-5-2-1-3-6-22)23-9-13-25(29)14-10-23/h1-3,5-14,31-32H,4,15-20H2. The molecule has 1 heterocycles. The van der Waals surface area contributed by atoms with Crippen LogP contribution in [-0.2, 0) is 11.2 Å². The summed E-state index contributed by atoms with van der Waals surface area (Å²) in [6.45, 7) is 2.41. The van der Waals surface area contributed by atoms with Gasteiger partial charge < -0.3 is 15.1 Å². The quantitative estimate of drug-likeness (QED) is 0.498. The van der Waals surface area contributed by atoms with Crippen molar-refractivity contribution in [3.8, 4) is 0 Å². The van der Waals surface area contributed by atoms with Crippen LogP contribution in [0.1, 0.15) is 42.4 Å². The zero-order valence-corrected chi connectivity index (χ0v) is 18.8. The topological polar surface area (TPSA) is 43.7 Å². The zero-order valence-electron chi connectivity index (χ0n) is 18.1. The number of benzene rings is 3. The Balaban J connectivity index is 1.39. The fourth-order valence-electron chi connectivity index (χ4n) is 4.65. The van der Waals surface area contributed by atoms with Crippen molar-refractivity contribution in [2.24, 2.45) is 0 Å². The van der Waals surface area contributed by atoms with E-state index in [0.717, 1.165) is 37.2 Å². The molecule has 3 nitrogen and oxygen atoms in total. The van der Waals surface area contributed by atoms with Gasteiger partial charge in [0.25, 0.3) is 0 Å². The van der Waals surface area contributed by atoms with E-state index in [1.807, 2.05) is 54.6 Å². The van der Waals surface area contributed by atoms with Gasteiger partial charge in [-0.25, -0.2) is 4.39 Å². The molecule has 4 rings (SSSR count). The summed E-state index contributed by atoms with van der Waals surface area (Å²) in [4.78, 5) is 2.33. The van der Waals surface area contributed by atoms with Crippen molar-refractivity contribution < 1.29 is 14.6 Å². The molecule has 32 heavy (non-hydrogen) atoms. The van der Waals surface area contributed by atoms with E-state index in [-0.39, 0.29) is 5.82 Å².